The highest BCUT2D eigenvalue weighted by Gasteiger charge is 2.19. The molecule has 3 rings (SSSR count). The van der Waals surface area contributed by atoms with Crippen LogP contribution >= 0.6 is 23.4 Å². The summed E-state index contributed by atoms with van der Waals surface area (Å²) in [4.78, 5) is 16.8. The zero-order valence-corrected chi connectivity index (χ0v) is 15.8. The first-order chi connectivity index (χ1) is 12.5. The minimum Gasteiger partial charge on any atom is -0.323 e. The largest absolute Gasteiger partial charge is 0.323 e. The van der Waals surface area contributed by atoms with E-state index in [0.717, 1.165) is 11.3 Å². The van der Waals surface area contributed by atoms with Crippen LogP contribution in [0.15, 0.2) is 59.9 Å². The van der Waals surface area contributed by atoms with Crippen LogP contribution in [-0.4, -0.2) is 20.7 Å². The Hall–Kier alpha value is -2.31. The summed E-state index contributed by atoms with van der Waals surface area (Å²) in [7, 11) is 1.90. The molecule has 4 nitrogen and oxygen atoms in total. The maximum atomic E-state index is 13.8. The molecule has 0 aliphatic rings. The Kier molecular flexibility index (Phi) is 5.64. The third-order valence-electron chi connectivity index (χ3n) is 3.86. The summed E-state index contributed by atoms with van der Waals surface area (Å²) >= 11 is 7.04. The molecule has 26 heavy (non-hydrogen) atoms. The van der Waals surface area contributed by atoms with Crippen LogP contribution in [0, 0.1) is 5.82 Å². The highest BCUT2D eigenvalue weighted by atomic mass is 35.5. The number of halogens is 2. The molecular formula is C19H17ClFN3OS. The van der Waals surface area contributed by atoms with Crippen LogP contribution in [0.5, 0.6) is 0 Å². The maximum Gasteiger partial charge on any atom is 0.237 e. The number of hydrogen-bond donors (Lipinski definition) is 1. The van der Waals surface area contributed by atoms with Crippen molar-refractivity contribution in [3.63, 3.8) is 0 Å². The lowest BCUT2D eigenvalue weighted by molar-refractivity contribution is -0.115. The number of nitrogens with zero attached hydrogens (tertiary/aromatic N) is 2. The molecule has 7 heteroatoms. The van der Waals surface area contributed by atoms with E-state index in [4.69, 9.17) is 11.6 Å². The van der Waals surface area contributed by atoms with Crippen molar-refractivity contribution >= 4 is 35.0 Å². The lowest BCUT2D eigenvalue weighted by Gasteiger charge is -2.13. The van der Waals surface area contributed by atoms with Gasteiger partial charge in [-0.2, -0.15) is 0 Å². The molecule has 1 atom stereocenters. The quantitative estimate of drug-likeness (QED) is 0.625. The second-order valence-electron chi connectivity index (χ2n) is 5.72. The number of amides is 1. The van der Waals surface area contributed by atoms with Crippen molar-refractivity contribution in [1.82, 2.24) is 9.55 Å². The molecule has 1 amide bonds. The first kappa shape index (κ1) is 18.5. The van der Waals surface area contributed by atoms with Gasteiger partial charge in [0.05, 0.1) is 22.8 Å². The minimum atomic E-state index is -0.564. The Morgan fingerprint density at radius 2 is 2.00 bits per heavy atom. The third-order valence-corrected chi connectivity index (χ3v) is 5.25. The molecule has 1 heterocycles. The van der Waals surface area contributed by atoms with Crippen molar-refractivity contribution in [1.29, 1.82) is 0 Å². The Balaban J connectivity index is 1.71. The Morgan fingerprint density at radius 3 is 2.69 bits per heavy atom. The molecule has 0 aliphatic carbocycles. The number of carbonyl (C=O) groups is 1. The van der Waals surface area contributed by atoms with Gasteiger partial charge in [0.15, 0.2) is 5.16 Å². The van der Waals surface area contributed by atoms with Crippen LogP contribution in [0.4, 0.5) is 10.1 Å². The minimum absolute atomic E-state index is 0.108. The van der Waals surface area contributed by atoms with E-state index in [0.29, 0.717) is 5.16 Å². The molecular weight excluding hydrogens is 373 g/mol. The summed E-state index contributed by atoms with van der Waals surface area (Å²) < 4.78 is 15.8. The van der Waals surface area contributed by atoms with Crippen molar-refractivity contribution in [2.45, 2.75) is 17.3 Å². The monoisotopic (exact) mass is 389 g/mol. The van der Waals surface area contributed by atoms with Crippen LogP contribution in [0.3, 0.4) is 0 Å². The first-order valence-electron chi connectivity index (χ1n) is 7.95. The topological polar surface area (TPSA) is 46.9 Å². The number of anilines is 1. The zero-order valence-electron chi connectivity index (χ0n) is 14.2. The van der Waals surface area contributed by atoms with Gasteiger partial charge in [0.25, 0.3) is 0 Å². The summed E-state index contributed by atoms with van der Waals surface area (Å²) in [6, 6.07) is 14.0. The molecule has 0 fully saturated rings. The number of imidazole rings is 1. The van der Waals surface area contributed by atoms with Crippen LogP contribution < -0.4 is 5.32 Å². The van der Waals surface area contributed by atoms with Gasteiger partial charge in [-0.25, -0.2) is 9.37 Å². The Labute approximate surface area is 160 Å². The van der Waals surface area contributed by atoms with Gasteiger partial charge in [0.2, 0.25) is 5.91 Å². The fourth-order valence-corrected chi connectivity index (χ4v) is 3.43. The van der Waals surface area contributed by atoms with Crippen LogP contribution in [0.2, 0.25) is 5.02 Å². The smallest absolute Gasteiger partial charge is 0.237 e. The van der Waals surface area contributed by atoms with E-state index in [9.17, 15) is 9.18 Å². The van der Waals surface area contributed by atoms with Gasteiger partial charge in [0, 0.05) is 12.1 Å². The fraction of sp³-hybridized carbons (Fsp3) is 0.158. The van der Waals surface area contributed by atoms with Gasteiger partial charge in [-0.3, -0.25) is 4.79 Å². The number of thioether (sulfide) groups is 1. The Bertz CT molecular complexity index is 930. The fourth-order valence-electron chi connectivity index (χ4n) is 2.42. The van der Waals surface area contributed by atoms with Crippen LogP contribution in [-0.2, 0) is 11.8 Å². The van der Waals surface area contributed by atoms with E-state index in [1.165, 1.54) is 30.0 Å². The van der Waals surface area contributed by atoms with E-state index in [1.54, 1.807) is 13.1 Å². The molecule has 1 aromatic heterocycles. The van der Waals surface area contributed by atoms with Crippen molar-refractivity contribution in [3.05, 3.63) is 65.6 Å². The highest BCUT2D eigenvalue weighted by Crippen LogP contribution is 2.28. The van der Waals surface area contributed by atoms with E-state index < -0.39 is 11.1 Å². The molecule has 0 aliphatic heterocycles. The van der Waals surface area contributed by atoms with Gasteiger partial charge >= 0.3 is 0 Å². The molecule has 3 aromatic rings. The van der Waals surface area contributed by atoms with Crippen molar-refractivity contribution in [3.8, 4) is 11.3 Å². The van der Waals surface area contributed by atoms with Crippen molar-refractivity contribution in [2.75, 3.05) is 5.32 Å². The number of nitrogens with one attached hydrogen (secondary N) is 1. The SMILES string of the molecule is C[C@H](Sc1ncc(-c2ccccc2)n1C)C(=O)Nc1ccc(Cl)cc1F. The molecule has 134 valence electrons. The number of rotatable bonds is 5. The van der Waals surface area contributed by atoms with Gasteiger partial charge < -0.3 is 9.88 Å². The highest BCUT2D eigenvalue weighted by molar-refractivity contribution is 8.00. The number of aromatic nitrogens is 2. The third kappa shape index (κ3) is 4.08. The average molecular weight is 390 g/mol. The summed E-state index contributed by atoms with van der Waals surface area (Å²) in [5, 5.41) is 3.13. The average Bonchev–Trinajstić information content (AvgIpc) is 2.98. The standard InChI is InChI=1S/C19H17ClFN3OS/c1-12(18(25)23-16-9-8-14(20)10-15(16)21)26-19-22-11-17(24(19)2)13-6-4-3-5-7-13/h3-12H,1-2H3,(H,23,25)/t12-/m0/s1. The lowest BCUT2D eigenvalue weighted by atomic mass is 10.2. The molecule has 0 spiro atoms. The maximum absolute atomic E-state index is 13.8. The van der Waals surface area contributed by atoms with Gasteiger partial charge in [-0.15, -0.1) is 0 Å². The van der Waals surface area contributed by atoms with E-state index >= 15 is 0 Å². The molecule has 0 radical (unpaired) electrons. The molecule has 0 saturated carbocycles. The molecule has 0 bridgehead atoms. The van der Waals surface area contributed by atoms with Crippen LogP contribution in [0.1, 0.15) is 6.92 Å². The summed E-state index contributed by atoms with van der Waals surface area (Å²) in [5.74, 6) is -0.869. The predicted octanol–water partition coefficient (Wildman–Crippen LogP) is 5.00. The molecule has 1 N–H and O–H groups in total. The van der Waals surface area contributed by atoms with E-state index in [2.05, 4.69) is 10.3 Å². The zero-order chi connectivity index (χ0) is 18.7. The molecule has 0 unspecified atom stereocenters. The number of carbonyl (C=O) groups excluding carboxylic acids is 1. The lowest BCUT2D eigenvalue weighted by Crippen LogP contribution is -2.23. The predicted molar refractivity (Wildman–Crippen MR) is 104 cm³/mol. The Morgan fingerprint density at radius 1 is 1.27 bits per heavy atom. The molecule has 0 saturated heterocycles. The van der Waals surface area contributed by atoms with Gasteiger partial charge in [-0.05, 0) is 30.7 Å². The van der Waals surface area contributed by atoms with E-state index in [-0.39, 0.29) is 16.6 Å². The van der Waals surface area contributed by atoms with Crippen molar-refractivity contribution in [2.24, 2.45) is 7.05 Å². The second-order valence-corrected chi connectivity index (χ2v) is 7.47. The van der Waals surface area contributed by atoms with E-state index in [1.807, 2.05) is 41.9 Å². The first-order valence-corrected chi connectivity index (χ1v) is 9.21. The number of hydrogen-bond acceptors (Lipinski definition) is 3. The summed E-state index contributed by atoms with van der Waals surface area (Å²) in [6.45, 7) is 1.75. The van der Waals surface area contributed by atoms with Crippen LogP contribution in [0.25, 0.3) is 11.3 Å². The summed E-state index contributed by atoms with van der Waals surface area (Å²) in [6.07, 6.45) is 1.78. The van der Waals surface area contributed by atoms with Crippen molar-refractivity contribution < 1.29 is 9.18 Å². The van der Waals surface area contributed by atoms with Gasteiger partial charge in [-0.1, -0.05) is 53.7 Å². The summed E-state index contributed by atoms with van der Waals surface area (Å²) in [5.41, 5.74) is 2.12. The second kappa shape index (κ2) is 7.93. The normalized spacial score (nSPS) is 12.0. The number of benzene rings is 2. The molecule has 2 aromatic carbocycles. The van der Waals surface area contributed by atoms with Gasteiger partial charge in [0.1, 0.15) is 5.82 Å².